The van der Waals surface area contributed by atoms with Crippen molar-refractivity contribution < 1.29 is 9.53 Å². The van der Waals surface area contributed by atoms with Gasteiger partial charge >= 0.3 is 5.97 Å². The predicted molar refractivity (Wildman–Crippen MR) is 70.3 cm³/mol. The molecule has 0 amide bonds. The number of aryl methyl sites for hydroxylation is 1. The van der Waals surface area contributed by atoms with E-state index in [1.54, 1.807) is 11.3 Å². The highest BCUT2D eigenvalue weighted by Gasteiger charge is 2.07. The summed E-state index contributed by atoms with van der Waals surface area (Å²) in [5.74, 6) is -0.218. The molecule has 1 aromatic rings. The summed E-state index contributed by atoms with van der Waals surface area (Å²) >= 11 is 1.65. The van der Waals surface area contributed by atoms with Crippen LogP contribution < -0.4 is 0 Å². The number of thiazole rings is 1. The van der Waals surface area contributed by atoms with Crippen LogP contribution >= 0.6 is 11.3 Å². The summed E-state index contributed by atoms with van der Waals surface area (Å²) in [6.07, 6.45) is 7.73. The third-order valence-electron chi connectivity index (χ3n) is 2.65. The van der Waals surface area contributed by atoms with E-state index in [1.165, 1.54) is 39.2 Å². The van der Waals surface area contributed by atoms with Crippen LogP contribution in [0.15, 0.2) is 5.38 Å². The number of hydrogen-bond donors (Lipinski definition) is 0. The minimum atomic E-state index is -0.218. The van der Waals surface area contributed by atoms with Crippen molar-refractivity contribution in [3.63, 3.8) is 0 Å². The summed E-state index contributed by atoms with van der Waals surface area (Å²) in [5, 5.41) is 3.10. The fraction of sp³-hybridized carbons (Fsp3) is 0.692. The molecular formula is C13H21NO2S. The Morgan fingerprint density at radius 3 is 2.82 bits per heavy atom. The summed E-state index contributed by atoms with van der Waals surface area (Å²) in [7, 11) is 1.41. The third kappa shape index (κ3) is 5.82. The van der Waals surface area contributed by atoms with Crippen molar-refractivity contribution in [2.75, 3.05) is 7.11 Å². The summed E-state index contributed by atoms with van der Waals surface area (Å²) in [6.45, 7) is 2.22. The minimum Gasteiger partial charge on any atom is -0.469 e. The maximum atomic E-state index is 11.1. The smallest absolute Gasteiger partial charge is 0.311 e. The van der Waals surface area contributed by atoms with Gasteiger partial charge in [-0.1, -0.05) is 32.6 Å². The Bertz CT molecular complexity index is 336. The zero-order valence-corrected chi connectivity index (χ0v) is 11.5. The molecule has 1 aromatic heterocycles. The summed E-state index contributed by atoms with van der Waals surface area (Å²) < 4.78 is 4.61. The molecule has 1 rings (SSSR count). The van der Waals surface area contributed by atoms with Gasteiger partial charge in [0.1, 0.15) is 0 Å². The van der Waals surface area contributed by atoms with Crippen molar-refractivity contribution in [1.29, 1.82) is 0 Å². The number of nitrogens with zero attached hydrogens (tertiary/aromatic N) is 1. The van der Waals surface area contributed by atoms with Gasteiger partial charge < -0.3 is 4.74 Å². The van der Waals surface area contributed by atoms with Crippen LogP contribution in [0.4, 0.5) is 0 Å². The van der Waals surface area contributed by atoms with Gasteiger partial charge in [0, 0.05) is 5.38 Å². The van der Waals surface area contributed by atoms with Crippen LogP contribution in [-0.4, -0.2) is 18.1 Å². The number of rotatable bonds is 8. The van der Waals surface area contributed by atoms with E-state index >= 15 is 0 Å². The summed E-state index contributed by atoms with van der Waals surface area (Å²) in [4.78, 5) is 15.5. The molecule has 0 aliphatic heterocycles. The Kier molecular flexibility index (Phi) is 6.86. The van der Waals surface area contributed by atoms with Gasteiger partial charge in [0.15, 0.2) is 0 Å². The second-order valence-corrected chi connectivity index (χ2v) is 5.09. The standard InChI is InChI=1S/C13H21NO2S/c1-3-4-5-6-7-8-12-14-11(10-17-12)9-13(15)16-2/h10H,3-9H2,1-2H3. The molecule has 0 bridgehead atoms. The highest BCUT2D eigenvalue weighted by Crippen LogP contribution is 2.14. The van der Waals surface area contributed by atoms with Gasteiger partial charge in [-0.2, -0.15) is 0 Å². The molecular weight excluding hydrogens is 234 g/mol. The van der Waals surface area contributed by atoms with E-state index in [0.717, 1.165) is 17.1 Å². The first-order chi connectivity index (χ1) is 8.26. The second-order valence-electron chi connectivity index (χ2n) is 4.15. The number of hydrogen-bond acceptors (Lipinski definition) is 4. The number of unbranched alkanes of at least 4 members (excludes halogenated alkanes) is 4. The van der Waals surface area contributed by atoms with Gasteiger partial charge in [0.25, 0.3) is 0 Å². The molecule has 0 fully saturated rings. The number of aromatic nitrogens is 1. The first kappa shape index (κ1) is 14.2. The number of carbonyl (C=O) groups excluding carboxylic acids is 1. The van der Waals surface area contributed by atoms with Gasteiger partial charge in [-0.05, 0) is 12.8 Å². The normalized spacial score (nSPS) is 10.5. The van der Waals surface area contributed by atoms with Gasteiger partial charge in [-0.15, -0.1) is 11.3 Å². The lowest BCUT2D eigenvalue weighted by Gasteiger charge is -1.97. The fourth-order valence-electron chi connectivity index (χ4n) is 1.64. The van der Waals surface area contributed by atoms with Gasteiger partial charge in [-0.3, -0.25) is 4.79 Å². The molecule has 0 aliphatic rings. The molecule has 4 heteroatoms. The number of carbonyl (C=O) groups is 1. The van der Waals surface area contributed by atoms with Gasteiger partial charge in [0.05, 0.1) is 24.2 Å². The third-order valence-corrected chi connectivity index (χ3v) is 3.60. The molecule has 0 N–H and O–H groups in total. The fourth-order valence-corrected chi connectivity index (χ4v) is 2.49. The molecule has 17 heavy (non-hydrogen) atoms. The SMILES string of the molecule is CCCCCCCc1nc(CC(=O)OC)cs1. The zero-order chi connectivity index (χ0) is 12.5. The number of ether oxygens (including phenoxy) is 1. The lowest BCUT2D eigenvalue weighted by Crippen LogP contribution is -2.04. The van der Waals surface area contributed by atoms with Crippen molar-refractivity contribution in [1.82, 2.24) is 4.98 Å². The molecule has 0 aromatic carbocycles. The van der Waals surface area contributed by atoms with Crippen LogP contribution in [0, 0.1) is 0 Å². The molecule has 0 saturated heterocycles. The van der Waals surface area contributed by atoms with Crippen LogP contribution in [0.2, 0.25) is 0 Å². The molecule has 1 heterocycles. The van der Waals surface area contributed by atoms with E-state index in [9.17, 15) is 4.79 Å². The van der Waals surface area contributed by atoms with Gasteiger partial charge in [0.2, 0.25) is 0 Å². The van der Waals surface area contributed by atoms with Gasteiger partial charge in [-0.25, -0.2) is 4.98 Å². The van der Waals surface area contributed by atoms with Crippen LogP contribution in [0.5, 0.6) is 0 Å². The van der Waals surface area contributed by atoms with E-state index in [4.69, 9.17) is 0 Å². The van der Waals surface area contributed by atoms with Crippen molar-refractivity contribution >= 4 is 17.3 Å². The van der Waals surface area contributed by atoms with Crippen LogP contribution in [0.3, 0.4) is 0 Å². The summed E-state index contributed by atoms with van der Waals surface area (Å²) in [5.41, 5.74) is 0.838. The first-order valence-corrected chi connectivity index (χ1v) is 7.14. The minimum absolute atomic E-state index is 0.218. The van der Waals surface area contributed by atoms with Crippen molar-refractivity contribution in [2.24, 2.45) is 0 Å². The Hall–Kier alpha value is -0.900. The van der Waals surface area contributed by atoms with E-state index < -0.39 is 0 Å². The highest BCUT2D eigenvalue weighted by atomic mass is 32.1. The van der Waals surface area contributed by atoms with E-state index in [-0.39, 0.29) is 5.97 Å². The van der Waals surface area contributed by atoms with Crippen LogP contribution in [-0.2, 0) is 22.4 Å². The maximum absolute atomic E-state index is 11.1. The van der Waals surface area contributed by atoms with Crippen molar-refractivity contribution in [2.45, 2.75) is 51.9 Å². The van der Waals surface area contributed by atoms with Crippen molar-refractivity contribution in [3.8, 4) is 0 Å². The molecule has 0 atom stereocenters. The Morgan fingerprint density at radius 1 is 1.35 bits per heavy atom. The molecule has 0 unspecified atom stereocenters. The van der Waals surface area contributed by atoms with E-state index in [1.807, 2.05) is 5.38 Å². The Labute approximate surface area is 107 Å². The quantitative estimate of drug-likeness (QED) is 0.528. The Morgan fingerprint density at radius 2 is 2.12 bits per heavy atom. The highest BCUT2D eigenvalue weighted by molar-refractivity contribution is 7.09. The molecule has 0 radical (unpaired) electrons. The first-order valence-electron chi connectivity index (χ1n) is 6.26. The predicted octanol–water partition coefficient (Wildman–Crippen LogP) is 3.37. The average Bonchev–Trinajstić information content (AvgIpc) is 2.76. The lowest BCUT2D eigenvalue weighted by atomic mass is 10.1. The lowest BCUT2D eigenvalue weighted by molar-refractivity contribution is -0.139. The zero-order valence-electron chi connectivity index (χ0n) is 10.7. The van der Waals surface area contributed by atoms with Crippen LogP contribution in [0.25, 0.3) is 0 Å². The largest absolute Gasteiger partial charge is 0.469 e. The number of esters is 1. The second kappa shape index (κ2) is 8.23. The average molecular weight is 255 g/mol. The summed E-state index contributed by atoms with van der Waals surface area (Å²) in [6, 6.07) is 0. The molecule has 96 valence electrons. The van der Waals surface area contributed by atoms with Crippen molar-refractivity contribution in [3.05, 3.63) is 16.1 Å². The molecule has 0 saturated carbocycles. The molecule has 0 spiro atoms. The number of methoxy groups -OCH3 is 1. The maximum Gasteiger partial charge on any atom is 0.311 e. The molecule has 0 aliphatic carbocycles. The molecule has 3 nitrogen and oxygen atoms in total. The monoisotopic (exact) mass is 255 g/mol. The Balaban J connectivity index is 2.23. The van der Waals surface area contributed by atoms with Crippen LogP contribution in [0.1, 0.15) is 49.7 Å². The van der Waals surface area contributed by atoms with E-state index in [2.05, 4.69) is 16.6 Å². The van der Waals surface area contributed by atoms with E-state index in [0.29, 0.717) is 6.42 Å². The topological polar surface area (TPSA) is 39.2 Å².